The number of aliphatic carboxylic acids is 1. The summed E-state index contributed by atoms with van der Waals surface area (Å²) in [4.78, 5) is 10.5. The number of unbranched alkanes of at least 4 members (excludes halogenated alkanes) is 3. The zero-order chi connectivity index (χ0) is 17.1. The molecule has 0 spiro atoms. The first-order valence-corrected chi connectivity index (χ1v) is 9.29. The number of hydrogen-bond donors (Lipinski definition) is 1. The second-order valence-corrected chi connectivity index (χ2v) is 8.61. The Morgan fingerprint density at radius 1 is 1.26 bits per heavy atom. The molecule has 0 aromatic rings. The summed E-state index contributed by atoms with van der Waals surface area (Å²) >= 11 is 0. The highest BCUT2D eigenvalue weighted by molar-refractivity contribution is 5.66. The second-order valence-electron chi connectivity index (χ2n) is 8.61. The van der Waals surface area contributed by atoms with Gasteiger partial charge in [0.15, 0.2) is 0 Å². The number of epoxide rings is 1. The molecule has 1 saturated carbocycles. The Balaban J connectivity index is 1.62. The maximum absolute atomic E-state index is 10.5. The van der Waals surface area contributed by atoms with Crippen LogP contribution in [-0.4, -0.2) is 22.8 Å². The third-order valence-corrected chi connectivity index (χ3v) is 6.00. The molecule has 2 aliphatic rings. The maximum Gasteiger partial charge on any atom is 0.303 e. The summed E-state index contributed by atoms with van der Waals surface area (Å²) in [5.74, 6) is 0.0646. The summed E-state index contributed by atoms with van der Waals surface area (Å²) in [6.07, 6.45) is 10.8. The van der Waals surface area contributed by atoms with E-state index in [9.17, 15) is 4.79 Å². The van der Waals surface area contributed by atoms with Crippen LogP contribution in [0.15, 0.2) is 12.2 Å². The topological polar surface area (TPSA) is 49.8 Å². The van der Waals surface area contributed by atoms with Gasteiger partial charge in [0, 0.05) is 6.42 Å². The normalized spacial score (nSPS) is 29.9. The quantitative estimate of drug-likeness (QED) is 0.335. The number of ether oxygens (including phenoxy) is 1. The van der Waals surface area contributed by atoms with Crippen molar-refractivity contribution in [2.45, 2.75) is 96.7 Å². The Hall–Kier alpha value is -0.830. The molecule has 2 rings (SSSR count). The van der Waals surface area contributed by atoms with Crippen LogP contribution >= 0.6 is 0 Å². The lowest BCUT2D eigenvalue weighted by molar-refractivity contribution is -0.137. The van der Waals surface area contributed by atoms with Gasteiger partial charge in [-0.25, -0.2) is 0 Å². The van der Waals surface area contributed by atoms with Gasteiger partial charge >= 0.3 is 5.97 Å². The molecule has 0 amide bonds. The van der Waals surface area contributed by atoms with Gasteiger partial charge in [0.25, 0.3) is 0 Å². The van der Waals surface area contributed by atoms with Crippen molar-refractivity contribution in [3.63, 3.8) is 0 Å². The van der Waals surface area contributed by atoms with Gasteiger partial charge < -0.3 is 9.84 Å². The van der Waals surface area contributed by atoms with Crippen LogP contribution in [0.2, 0.25) is 0 Å². The predicted octanol–water partition coefficient (Wildman–Crippen LogP) is 5.34. The van der Waals surface area contributed by atoms with E-state index in [4.69, 9.17) is 9.84 Å². The Kier molecular flexibility index (Phi) is 5.94. The molecule has 1 aliphatic heterocycles. The smallest absolute Gasteiger partial charge is 0.303 e. The summed E-state index contributed by atoms with van der Waals surface area (Å²) < 4.78 is 5.85. The zero-order valence-corrected chi connectivity index (χ0v) is 15.2. The summed E-state index contributed by atoms with van der Waals surface area (Å²) in [6.45, 7) is 11.3. The van der Waals surface area contributed by atoms with Crippen LogP contribution < -0.4 is 0 Å². The molecular weight excluding hydrogens is 288 g/mol. The second kappa shape index (κ2) is 7.38. The Morgan fingerprint density at radius 3 is 2.52 bits per heavy atom. The Bertz CT molecular complexity index is 440. The predicted molar refractivity (Wildman–Crippen MR) is 93.5 cm³/mol. The van der Waals surface area contributed by atoms with Gasteiger partial charge in [-0.05, 0) is 63.2 Å². The zero-order valence-electron chi connectivity index (χ0n) is 15.2. The molecule has 0 aromatic heterocycles. The van der Waals surface area contributed by atoms with Gasteiger partial charge in [0.05, 0.1) is 11.7 Å². The lowest BCUT2D eigenvalue weighted by Gasteiger charge is -2.37. The van der Waals surface area contributed by atoms with Crippen molar-refractivity contribution in [2.24, 2.45) is 11.3 Å². The van der Waals surface area contributed by atoms with Gasteiger partial charge in [0.1, 0.15) is 0 Å². The van der Waals surface area contributed by atoms with Crippen LogP contribution in [0, 0.1) is 11.3 Å². The fourth-order valence-corrected chi connectivity index (χ4v) is 4.24. The Morgan fingerprint density at radius 2 is 1.91 bits per heavy atom. The number of rotatable bonds is 10. The van der Waals surface area contributed by atoms with Crippen LogP contribution in [0.4, 0.5) is 0 Å². The van der Waals surface area contributed by atoms with E-state index < -0.39 is 5.97 Å². The number of fused-ring (bicyclic) bond motifs is 1. The molecule has 132 valence electrons. The fraction of sp³-hybridized carbons (Fsp3) is 0.850. The molecule has 1 N–H and O–H groups in total. The summed E-state index contributed by atoms with van der Waals surface area (Å²) in [6, 6.07) is 0. The minimum atomic E-state index is -0.681. The van der Waals surface area contributed by atoms with Crippen molar-refractivity contribution in [3.8, 4) is 0 Å². The molecule has 23 heavy (non-hydrogen) atoms. The van der Waals surface area contributed by atoms with E-state index in [0.717, 1.165) is 44.4 Å². The third kappa shape index (κ3) is 5.34. The number of carboxylic acid groups (broad SMARTS) is 1. The van der Waals surface area contributed by atoms with E-state index in [-0.39, 0.29) is 5.60 Å². The van der Waals surface area contributed by atoms with E-state index in [2.05, 4.69) is 27.4 Å². The van der Waals surface area contributed by atoms with E-state index in [1.54, 1.807) is 0 Å². The monoisotopic (exact) mass is 322 g/mol. The van der Waals surface area contributed by atoms with Gasteiger partial charge in [-0.3, -0.25) is 4.79 Å². The molecule has 1 aliphatic carbocycles. The van der Waals surface area contributed by atoms with Crippen LogP contribution in [0.3, 0.4) is 0 Å². The molecule has 0 aromatic carbocycles. The molecule has 1 saturated heterocycles. The molecular formula is C20H34O3. The van der Waals surface area contributed by atoms with E-state index in [1.807, 2.05) is 0 Å². The maximum atomic E-state index is 10.5. The lowest BCUT2D eigenvalue weighted by atomic mass is 9.66. The van der Waals surface area contributed by atoms with Crippen molar-refractivity contribution < 1.29 is 14.6 Å². The van der Waals surface area contributed by atoms with Crippen molar-refractivity contribution >= 4 is 5.97 Å². The van der Waals surface area contributed by atoms with E-state index in [1.165, 1.54) is 24.8 Å². The molecule has 3 unspecified atom stereocenters. The molecule has 3 atom stereocenters. The molecule has 3 nitrogen and oxygen atoms in total. The van der Waals surface area contributed by atoms with Crippen molar-refractivity contribution in [2.75, 3.05) is 0 Å². The first-order chi connectivity index (χ1) is 10.7. The van der Waals surface area contributed by atoms with Crippen molar-refractivity contribution in [3.05, 3.63) is 12.2 Å². The summed E-state index contributed by atoms with van der Waals surface area (Å²) in [7, 11) is 0. The average Bonchev–Trinajstić information content (AvgIpc) is 3.12. The summed E-state index contributed by atoms with van der Waals surface area (Å²) in [5.41, 5.74) is 1.88. The molecule has 1 heterocycles. The number of hydrogen-bond acceptors (Lipinski definition) is 2. The van der Waals surface area contributed by atoms with Crippen LogP contribution in [0.5, 0.6) is 0 Å². The number of allylic oxidation sites excluding steroid dienone is 1. The van der Waals surface area contributed by atoms with Gasteiger partial charge in [-0.2, -0.15) is 0 Å². The SMILES string of the molecule is C=C(CCCCCCC(=O)O)CC(C)(C)C1CCC2(C)OC2C1. The largest absolute Gasteiger partial charge is 0.481 e. The molecule has 3 heteroatoms. The van der Waals surface area contributed by atoms with E-state index in [0.29, 0.717) is 17.9 Å². The lowest BCUT2D eigenvalue weighted by Crippen LogP contribution is -2.32. The van der Waals surface area contributed by atoms with Crippen LogP contribution in [0.1, 0.15) is 85.0 Å². The summed E-state index contributed by atoms with van der Waals surface area (Å²) in [5, 5.41) is 8.62. The van der Waals surface area contributed by atoms with Crippen molar-refractivity contribution in [1.29, 1.82) is 0 Å². The third-order valence-electron chi connectivity index (χ3n) is 6.00. The first kappa shape index (κ1) is 18.5. The van der Waals surface area contributed by atoms with Gasteiger partial charge in [0.2, 0.25) is 0 Å². The minimum absolute atomic E-state index is 0.208. The van der Waals surface area contributed by atoms with Gasteiger partial charge in [-0.1, -0.05) is 38.8 Å². The highest BCUT2D eigenvalue weighted by atomic mass is 16.6. The molecule has 2 fully saturated rings. The Labute approximate surface area is 141 Å². The molecule has 0 bridgehead atoms. The minimum Gasteiger partial charge on any atom is -0.481 e. The van der Waals surface area contributed by atoms with E-state index >= 15 is 0 Å². The van der Waals surface area contributed by atoms with Gasteiger partial charge in [-0.15, -0.1) is 0 Å². The van der Waals surface area contributed by atoms with Crippen molar-refractivity contribution in [1.82, 2.24) is 0 Å². The van der Waals surface area contributed by atoms with Crippen LogP contribution in [-0.2, 0) is 9.53 Å². The van der Waals surface area contributed by atoms with Crippen LogP contribution in [0.25, 0.3) is 0 Å². The fourth-order valence-electron chi connectivity index (χ4n) is 4.24. The standard InChI is InChI=1S/C20H34O3/c1-15(9-7-5-6-8-10-18(21)22)14-19(2,3)16-11-12-20(4)17(13-16)23-20/h16-17H,1,5-14H2,2-4H3,(H,21,22). The number of carbonyl (C=O) groups is 1. The molecule has 0 radical (unpaired) electrons. The average molecular weight is 322 g/mol. The first-order valence-electron chi connectivity index (χ1n) is 9.29. The number of carboxylic acids is 1. The highest BCUT2D eigenvalue weighted by Crippen LogP contribution is 2.54. The highest BCUT2D eigenvalue weighted by Gasteiger charge is 2.56.